The molecule has 132 valence electrons. The number of carbonyl (C=O) groups is 2. The van der Waals surface area contributed by atoms with Crippen LogP contribution in [0.1, 0.15) is 24.0 Å². The van der Waals surface area contributed by atoms with Crippen molar-refractivity contribution < 1.29 is 14.0 Å². The van der Waals surface area contributed by atoms with Crippen LogP contribution >= 0.6 is 0 Å². The molecule has 2 aliphatic rings. The Hall–Kier alpha value is -3.02. The van der Waals surface area contributed by atoms with E-state index in [2.05, 4.69) is 4.98 Å². The number of aromatic nitrogens is 1. The van der Waals surface area contributed by atoms with E-state index >= 15 is 0 Å². The number of amides is 2. The number of hydrogen-bond acceptors (Lipinski definition) is 4. The van der Waals surface area contributed by atoms with Gasteiger partial charge in [-0.25, -0.2) is 4.39 Å². The number of rotatable bonds is 4. The van der Waals surface area contributed by atoms with Crippen molar-refractivity contribution in [2.24, 2.45) is 0 Å². The van der Waals surface area contributed by atoms with Gasteiger partial charge in [0.2, 0.25) is 0 Å². The highest BCUT2D eigenvalue weighted by Gasteiger charge is 2.42. The zero-order valence-electron chi connectivity index (χ0n) is 14.2. The molecule has 6 heteroatoms. The van der Waals surface area contributed by atoms with Crippen LogP contribution < -0.4 is 0 Å². The molecule has 0 aliphatic carbocycles. The lowest BCUT2D eigenvalue weighted by atomic mass is 10.0. The molecule has 4 rings (SSSR count). The Bertz CT molecular complexity index is 872. The topological polar surface area (TPSA) is 53.5 Å². The van der Waals surface area contributed by atoms with Crippen molar-refractivity contribution in [1.29, 1.82) is 0 Å². The first-order valence-corrected chi connectivity index (χ1v) is 8.65. The molecule has 2 aromatic rings. The second-order valence-electron chi connectivity index (χ2n) is 6.48. The molecule has 0 bridgehead atoms. The molecule has 0 spiro atoms. The SMILES string of the molecule is O=C1C(c2ccc(F)cc2)=C(N2CCCC2)C(=O)N1Cc1cccnc1. The Morgan fingerprint density at radius 1 is 1.00 bits per heavy atom. The fraction of sp³-hybridized carbons (Fsp3) is 0.250. The van der Waals surface area contributed by atoms with E-state index in [9.17, 15) is 14.0 Å². The summed E-state index contributed by atoms with van der Waals surface area (Å²) in [7, 11) is 0. The highest BCUT2D eigenvalue weighted by molar-refractivity contribution is 6.35. The van der Waals surface area contributed by atoms with Crippen molar-refractivity contribution in [3.8, 4) is 0 Å². The monoisotopic (exact) mass is 351 g/mol. The Morgan fingerprint density at radius 2 is 1.73 bits per heavy atom. The Morgan fingerprint density at radius 3 is 2.38 bits per heavy atom. The molecule has 0 radical (unpaired) electrons. The summed E-state index contributed by atoms with van der Waals surface area (Å²) < 4.78 is 13.3. The lowest BCUT2D eigenvalue weighted by Gasteiger charge is -2.20. The summed E-state index contributed by atoms with van der Waals surface area (Å²) in [5.41, 5.74) is 2.15. The first kappa shape index (κ1) is 16.4. The standard InChI is InChI=1S/C20H18FN3O2/c21-16-7-5-15(6-8-16)17-18(23-10-1-2-11-23)20(26)24(19(17)25)13-14-4-3-9-22-12-14/h3-9,12H,1-2,10-11,13H2. The van der Waals surface area contributed by atoms with Gasteiger partial charge in [0.15, 0.2) is 0 Å². The quantitative estimate of drug-likeness (QED) is 0.795. The van der Waals surface area contributed by atoms with Gasteiger partial charge in [-0.1, -0.05) is 18.2 Å². The van der Waals surface area contributed by atoms with Crippen LogP contribution in [0, 0.1) is 5.82 Å². The van der Waals surface area contributed by atoms with Gasteiger partial charge in [-0.05, 0) is 42.2 Å². The highest BCUT2D eigenvalue weighted by Crippen LogP contribution is 2.34. The Kier molecular flexibility index (Phi) is 4.24. The molecule has 1 fully saturated rings. The number of pyridine rings is 1. The van der Waals surface area contributed by atoms with Crippen molar-refractivity contribution in [2.45, 2.75) is 19.4 Å². The fourth-order valence-corrected chi connectivity index (χ4v) is 3.49. The van der Waals surface area contributed by atoms with Crippen molar-refractivity contribution in [1.82, 2.24) is 14.8 Å². The third-order valence-corrected chi connectivity index (χ3v) is 4.76. The summed E-state index contributed by atoms with van der Waals surface area (Å²) in [6.45, 7) is 1.67. The van der Waals surface area contributed by atoms with E-state index in [0.29, 0.717) is 16.8 Å². The fourth-order valence-electron chi connectivity index (χ4n) is 3.49. The largest absolute Gasteiger partial charge is 0.366 e. The Labute approximate surface area is 150 Å². The molecule has 0 N–H and O–H groups in total. The minimum Gasteiger partial charge on any atom is -0.366 e. The lowest BCUT2D eigenvalue weighted by Crippen LogP contribution is -2.34. The van der Waals surface area contributed by atoms with E-state index in [4.69, 9.17) is 0 Å². The van der Waals surface area contributed by atoms with E-state index < -0.39 is 0 Å². The molecule has 0 unspecified atom stereocenters. The van der Waals surface area contributed by atoms with E-state index in [1.54, 1.807) is 30.6 Å². The molecule has 26 heavy (non-hydrogen) atoms. The number of imide groups is 1. The molecule has 5 nitrogen and oxygen atoms in total. The van der Waals surface area contributed by atoms with Crippen LogP contribution in [0.3, 0.4) is 0 Å². The van der Waals surface area contributed by atoms with Gasteiger partial charge >= 0.3 is 0 Å². The first-order chi connectivity index (χ1) is 12.6. The van der Waals surface area contributed by atoms with Crippen LogP contribution in [-0.2, 0) is 16.1 Å². The molecular weight excluding hydrogens is 333 g/mol. The van der Waals surface area contributed by atoms with Crippen molar-refractivity contribution in [3.63, 3.8) is 0 Å². The minimum absolute atomic E-state index is 0.174. The van der Waals surface area contributed by atoms with Gasteiger partial charge in [0.1, 0.15) is 11.5 Å². The van der Waals surface area contributed by atoms with E-state index in [1.807, 2.05) is 11.0 Å². The first-order valence-electron chi connectivity index (χ1n) is 8.65. The van der Waals surface area contributed by atoms with Gasteiger partial charge in [-0.2, -0.15) is 0 Å². The summed E-state index contributed by atoms with van der Waals surface area (Å²) in [6, 6.07) is 9.34. The molecule has 3 heterocycles. The number of nitrogens with zero attached hydrogens (tertiary/aromatic N) is 3. The second-order valence-corrected chi connectivity index (χ2v) is 6.48. The summed E-state index contributed by atoms with van der Waals surface area (Å²) in [5.74, 6) is -1.01. The third-order valence-electron chi connectivity index (χ3n) is 4.76. The average Bonchev–Trinajstić information content (AvgIpc) is 3.26. The van der Waals surface area contributed by atoms with E-state index in [0.717, 1.165) is 31.5 Å². The van der Waals surface area contributed by atoms with Gasteiger partial charge < -0.3 is 4.90 Å². The van der Waals surface area contributed by atoms with Crippen LogP contribution in [0.2, 0.25) is 0 Å². The maximum atomic E-state index is 13.3. The molecule has 0 saturated carbocycles. The molecule has 1 saturated heterocycles. The highest BCUT2D eigenvalue weighted by atomic mass is 19.1. The lowest BCUT2D eigenvalue weighted by molar-refractivity contribution is -0.138. The van der Waals surface area contributed by atoms with Crippen LogP contribution in [0.4, 0.5) is 4.39 Å². The molecular formula is C20H18FN3O2. The number of hydrogen-bond donors (Lipinski definition) is 0. The maximum Gasteiger partial charge on any atom is 0.278 e. The third kappa shape index (κ3) is 2.87. The predicted octanol–water partition coefficient (Wildman–Crippen LogP) is 2.60. The van der Waals surface area contributed by atoms with Gasteiger partial charge in [-0.15, -0.1) is 0 Å². The normalized spacial score (nSPS) is 17.6. The van der Waals surface area contributed by atoms with Crippen molar-refractivity contribution in [3.05, 3.63) is 71.4 Å². The summed E-state index contributed by atoms with van der Waals surface area (Å²) in [5, 5.41) is 0. The zero-order valence-corrected chi connectivity index (χ0v) is 14.2. The summed E-state index contributed by atoms with van der Waals surface area (Å²) in [4.78, 5) is 33.4. The second kappa shape index (κ2) is 6.71. The van der Waals surface area contributed by atoms with E-state index in [1.165, 1.54) is 17.0 Å². The van der Waals surface area contributed by atoms with Gasteiger partial charge in [-0.3, -0.25) is 19.5 Å². The van der Waals surface area contributed by atoms with Crippen molar-refractivity contribution >= 4 is 17.4 Å². The van der Waals surface area contributed by atoms with Crippen molar-refractivity contribution in [2.75, 3.05) is 13.1 Å². The maximum absolute atomic E-state index is 13.3. The van der Waals surface area contributed by atoms with Crippen LogP contribution in [0.5, 0.6) is 0 Å². The summed E-state index contributed by atoms with van der Waals surface area (Å²) >= 11 is 0. The van der Waals surface area contributed by atoms with Crippen LogP contribution in [-0.4, -0.2) is 39.7 Å². The molecule has 1 aromatic heterocycles. The van der Waals surface area contributed by atoms with Crippen LogP contribution in [0.25, 0.3) is 5.57 Å². The number of carbonyl (C=O) groups excluding carboxylic acids is 2. The average molecular weight is 351 g/mol. The molecule has 0 atom stereocenters. The minimum atomic E-state index is -0.374. The predicted molar refractivity (Wildman–Crippen MR) is 93.9 cm³/mol. The summed E-state index contributed by atoms with van der Waals surface area (Å²) in [6.07, 6.45) is 5.27. The van der Waals surface area contributed by atoms with E-state index in [-0.39, 0.29) is 24.2 Å². The number of likely N-dealkylation sites (tertiary alicyclic amines) is 1. The van der Waals surface area contributed by atoms with Gasteiger partial charge in [0.05, 0.1) is 12.1 Å². The zero-order chi connectivity index (χ0) is 18.1. The van der Waals surface area contributed by atoms with Gasteiger partial charge in [0.25, 0.3) is 11.8 Å². The molecule has 1 aromatic carbocycles. The smallest absolute Gasteiger partial charge is 0.278 e. The molecule has 2 amide bonds. The van der Waals surface area contributed by atoms with Crippen LogP contribution in [0.15, 0.2) is 54.5 Å². The number of benzene rings is 1. The molecule has 2 aliphatic heterocycles. The Balaban J connectivity index is 1.74. The number of halogens is 1. The van der Waals surface area contributed by atoms with Gasteiger partial charge in [0, 0.05) is 25.5 Å².